The van der Waals surface area contributed by atoms with Gasteiger partial charge in [-0.1, -0.05) is 75.8 Å². The van der Waals surface area contributed by atoms with Crippen molar-refractivity contribution in [3.05, 3.63) is 35.9 Å². The molecule has 2 saturated heterocycles. The Balaban J connectivity index is 1.44. The SMILES string of the molecule is CCCCCCCCCC(=O)N[C@@H]1CC(=O)N2C(=NCc3ccccc3)C12O. The highest BCUT2D eigenvalue weighted by atomic mass is 16.3. The first-order chi connectivity index (χ1) is 13.6. The van der Waals surface area contributed by atoms with Gasteiger partial charge in [-0.3, -0.25) is 19.5 Å². The predicted octanol–water partition coefficient (Wildman–Crippen LogP) is 3.15. The van der Waals surface area contributed by atoms with Crippen LogP contribution in [0.1, 0.15) is 70.3 Å². The number of fused-ring (bicyclic) bond motifs is 1. The van der Waals surface area contributed by atoms with E-state index in [-0.39, 0.29) is 18.2 Å². The summed E-state index contributed by atoms with van der Waals surface area (Å²) in [6.45, 7) is 2.60. The third-order valence-corrected chi connectivity index (χ3v) is 5.54. The molecule has 0 bridgehead atoms. The number of amidine groups is 1. The van der Waals surface area contributed by atoms with E-state index in [4.69, 9.17) is 0 Å². The molecule has 1 unspecified atom stereocenters. The Morgan fingerprint density at radius 3 is 2.57 bits per heavy atom. The van der Waals surface area contributed by atoms with E-state index in [1.165, 1.54) is 30.6 Å². The molecule has 1 aromatic carbocycles. The van der Waals surface area contributed by atoms with Crippen molar-refractivity contribution in [2.45, 2.75) is 83.0 Å². The van der Waals surface area contributed by atoms with Crippen LogP contribution in [0.25, 0.3) is 0 Å². The van der Waals surface area contributed by atoms with Gasteiger partial charge in [0, 0.05) is 6.42 Å². The summed E-state index contributed by atoms with van der Waals surface area (Å²) in [4.78, 5) is 30.1. The van der Waals surface area contributed by atoms with Crippen molar-refractivity contribution in [2.24, 2.45) is 4.99 Å². The predicted molar refractivity (Wildman–Crippen MR) is 109 cm³/mol. The molecule has 2 amide bonds. The molecule has 0 aromatic heterocycles. The maximum absolute atomic E-state index is 12.2. The quantitative estimate of drug-likeness (QED) is 0.453. The van der Waals surface area contributed by atoms with Gasteiger partial charge in [0.25, 0.3) is 0 Å². The molecule has 28 heavy (non-hydrogen) atoms. The lowest BCUT2D eigenvalue weighted by molar-refractivity contribution is -0.124. The molecule has 2 aliphatic rings. The minimum atomic E-state index is -1.43. The van der Waals surface area contributed by atoms with Crippen LogP contribution in [0.15, 0.2) is 35.3 Å². The highest BCUT2D eigenvalue weighted by molar-refractivity contribution is 6.20. The van der Waals surface area contributed by atoms with Crippen LogP contribution in [-0.2, 0) is 16.1 Å². The zero-order valence-corrected chi connectivity index (χ0v) is 16.7. The Labute approximate surface area is 167 Å². The maximum atomic E-state index is 12.2. The topological polar surface area (TPSA) is 81.8 Å². The molecular weight excluding hydrogens is 354 g/mol. The number of nitrogens with zero attached hydrogens (tertiary/aromatic N) is 2. The molecule has 6 nitrogen and oxygen atoms in total. The molecule has 2 aliphatic heterocycles. The summed E-state index contributed by atoms with van der Waals surface area (Å²) in [7, 11) is 0. The maximum Gasteiger partial charge on any atom is 0.233 e. The highest BCUT2D eigenvalue weighted by Gasteiger charge is 2.72. The molecule has 2 fully saturated rings. The molecule has 0 aliphatic carbocycles. The Hall–Kier alpha value is -2.21. The van der Waals surface area contributed by atoms with Gasteiger partial charge < -0.3 is 10.4 Å². The zero-order valence-electron chi connectivity index (χ0n) is 16.7. The number of aliphatic hydroxyl groups is 1. The molecule has 2 atom stereocenters. The van der Waals surface area contributed by atoms with E-state index in [0.717, 1.165) is 24.8 Å². The van der Waals surface area contributed by atoms with E-state index in [1.54, 1.807) is 0 Å². The second-order valence-electron chi connectivity index (χ2n) is 7.78. The van der Waals surface area contributed by atoms with E-state index in [2.05, 4.69) is 17.2 Å². The third-order valence-electron chi connectivity index (χ3n) is 5.54. The van der Waals surface area contributed by atoms with E-state index < -0.39 is 11.8 Å². The van der Waals surface area contributed by atoms with Crippen LogP contribution in [0, 0.1) is 0 Å². The standard InChI is InChI=1S/C22H31N3O3/c1-2-3-4-5-6-7-11-14-19(26)24-18-15-20(27)25-21(22(18,25)28)23-16-17-12-9-8-10-13-17/h8-10,12-13,18,28H,2-7,11,14-16H2,1H3,(H,24,26)/t18-,22?,25?/m1/s1. The fourth-order valence-electron chi connectivity index (χ4n) is 3.87. The van der Waals surface area contributed by atoms with Gasteiger partial charge in [0.15, 0.2) is 5.84 Å². The number of piperidine rings is 1. The van der Waals surface area contributed by atoms with Gasteiger partial charge in [-0.05, 0) is 12.0 Å². The Kier molecular flexibility index (Phi) is 6.83. The second kappa shape index (κ2) is 9.32. The summed E-state index contributed by atoms with van der Waals surface area (Å²) in [6, 6.07) is 9.08. The number of hydrogen-bond acceptors (Lipinski definition) is 4. The number of rotatable bonds is 11. The molecule has 1 aromatic rings. The van der Waals surface area contributed by atoms with Crippen LogP contribution < -0.4 is 5.32 Å². The minimum Gasteiger partial charge on any atom is -0.362 e. The van der Waals surface area contributed by atoms with Crippen molar-refractivity contribution >= 4 is 17.6 Å². The first-order valence-corrected chi connectivity index (χ1v) is 10.5. The number of carbonyl (C=O) groups is 2. The van der Waals surface area contributed by atoms with E-state index in [9.17, 15) is 14.7 Å². The van der Waals surface area contributed by atoms with Gasteiger partial charge in [-0.2, -0.15) is 0 Å². The number of amides is 2. The third kappa shape index (κ3) is 4.61. The summed E-state index contributed by atoms with van der Waals surface area (Å²) in [5, 5.41) is 13.7. The van der Waals surface area contributed by atoms with Gasteiger partial charge in [0.2, 0.25) is 17.5 Å². The monoisotopic (exact) mass is 385 g/mol. The average Bonchev–Trinajstić information content (AvgIpc) is 3.22. The fourth-order valence-corrected chi connectivity index (χ4v) is 3.87. The minimum absolute atomic E-state index is 0.101. The Bertz CT molecular complexity index is 719. The molecule has 0 spiro atoms. The summed E-state index contributed by atoms with van der Waals surface area (Å²) in [5.74, 6) is 0.0836. The van der Waals surface area contributed by atoms with Crippen LogP contribution in [0.3, 0.4) is 0 Å². The zero-order chi connectivity index (χ0) is 20.0. The Morgan fingerprint density at radius 1 is 1.18 bits per heavy atom. The lowest BCUT2D eigenvalue weighted by atomic mass is 10.1. The van der Waals surface area contributed by atoms with E-state index >= 15 is 0 Å². The summed E-state index contributed by atoms with van der Waals surface area (Å²) >= 11 is 0. The highest BCUT2D eigenvalue weighted by Crippen LogP contribution is 2.44. The van der Waals surface area contributed by atoms with Crippen LogP contribution >= 0.6 is 0 Å². The normalized spacial score (nSPS) is 24.5. The molecule has 2 heterocycles. The first kappa shape index (κ1) is 20.5. The van der Waals surface area contributed by atoms with Gasteiger partial charge in [-0.25, -0.2) is 0 Å². The van der Waals surface area contributed by atoms with Crippen LogP contribution in [0.5, 0.6) is 0 Å². The lowest BCUT2D eigenvalue weighted by Gasteiger charge is -2.16. The van der Waals surface area contributed by atoms with E-state index in [1.807, 2.05) is 30.3 Å². The summed E-state index contributed by atoms with van der Waals surface area (Å²) in [6.07, 6.45) is 8.61. The first-order valence-electron chi connectivity index (χ1n) is 10.5. The van der Waals surface area contributed by atoms with E-state index in [0.29, 0.717) is 18.8 Å². The van der Waals surface area contributed by atoms with Crippen LogP contribution in [0.2, 0.25) is 0 Å². The number of benzene rings is 1. The van der Waals surface area contributed by atoms with Crippen molar-refractivity contribution in [1.82, 2.24) is 10.2 Å². The molecule has 152 valence electrons. The fraction of sp³-hybridized carbons (Fsp3) is 0.591. The second-order valence-corrected chi connectivity index (χ2v) is 7.78. The number of nitrogens with one attached hydrogen (secondary N) is 1. The van der Waals surface area contributed by atoms with Gasteiger partial charge in [0.1, 0.15) is 0 Å². The Morgan fingerprint density at radius 2 is 1.86 bits per heavy atom. The van der Waals surface area contributed by atoms with Gasteiger partial charge in [-0.15, -0.1) is 0 Å². The largest absolute Gasteiger partial charge is 0.362 e. The van der Waals surface area contributed by atoms with Gasteiger partial charge in [0.05, 0.1) is 19.0 Å². The van der Waals surface area contributed by atoms with Crippen LogP contribution in [-0.4, -0.2) is 39.4 Å². The molecule has 0 radical (unpaired) electrons. The average molecular weight is 386 g/mol. The van der Waals surface area contributed by atoms with Crippen molar-refractivity contribution in [3.8, 4) is 0 Å². The number of aliphatic imine (C=N–C) groups is 1. The number of hydrogen-bond donors (Lipinski definition) is 2. The van der Waals surface area contributed by atoms with Gasteiger partial charge >= 0.3 is 0 Å². The molecule has 0 saturated carbocycles. The smallest absolute Gasteiger partial charge is 0.233 e. The van der Waals surface area contributed by atoms with Crippen molar-refractivity contribution in [2.75, 3.05) is 0 Å². The lowest BCUT2D eigenvalue weighted by Crippen LogP contribution is -2.45. The van der Waals surface area contributed by atoms with Crippen LogP contribution in [0.4, 0.5) is 0 Å². The van der Waals surface area contributed by atoms with Crippen molar-refractivity contribution in [1.29, 1.82) is 0 Å². The molecule has 2 N–H and O–H groups in total. The number of carbonyl (C=O) groups excluding carboxylic acids is 2. The molecule has 3 rings (SSSR count). The van der Waals surface area contributed by atoms with Crippen molar-refractivity contribution < 1.29 is 14.7 Å². The molecule has 6 heteroatoms. The summed E-state index contributed by atoms with van der Waals surface area (Å²) < 4.78 is 0. The molecular formula is C22H31N3O3. The van der Waals surface area contributed by atoms with Crippen molar-refractivity contribution in [3.63, 3.8) is 0 Å². The number of unbranched alkanes of at least 4 members (excludes halogenated alkanes) is 6. The summed E-state index contributed by atoms with van der Waals surface area (Å²) in [5.41, 5.74) is -0.418.